The zero-order valence-electron chi connectivity index (χ0n) is 18.3. The molecule has 1 aliphatic rings. The van der Waals surface area contributed by atoms with Crippen molar-refractivity contribution in [2.24, 2.45) is 0 Å². The monoisotopic (exact) mass is 460 g/mol. The zero-order chi connectivity index (χ0) is 23.8. The van der Waals surface area contributed by atoms with E-state index in [1.807, 2.05) is 12.1 Å². The molecule has 2 aromatic rings. The predicted octanol–water partition coefficient (Wildman–Crippen LogP) is 1.54. The van der Waals surface area contributed by atoms with Gasteiger partial charge in [-0.05, 0) is 24.3 Å². The second kappa shape index (κ2) is 10.9. The lowest BCUT2D eigenvalue weighted by atomic mass is 10.2. The summed E-state index contributed by atoms with van der Waals surface area (Å²) in [5.41, 5.74) is 0.0801. The molecule has 0 radical (unpaired) electrons. The van der Waals surface area contributed by atoms with E-state index in [2.05, 4.69) is 10.6 Å². The third-order valence-corrected chi connectivity index (χ3v) is 4.55. The third-order valence-electron chi connectivity index (χ3n) is 4.55. The number of amides is 3. The van der Waals surface area contributed by atoms with Crippen molar-refractivity contribution in [3.63, 3.8) is 0 Å². The van der Waals surface area contributed by atoms with Crippen molar-refractivity contribution < 1.29 is 42.8 Å². The van der Waals surface area contributed by atoms with Crippen LogP contribution >= 0.6 is 0 Å². The third kappa shape index (κ3) is 5.97. The van der Waals surface area contributed by atoms with Gasteiger partial charge in [0.2, 0.25) is 5.75 Å². The van der Waals surface area contributed by atoms with Crippen LogP contribution in [-0.4, -0.2) is 65.1 Å². The van der Waals surface area contributed by atoms with Crippen LogP contribution in [-0.2, 0) is 9.53 Å². The molecule has 2 aromatic carbocycles. The molecule has 1 heterocycles. The maximum atomic E-state index is 12.3. The number of carbonyl (C=O) groups excluding carboxylic acids is 3. The van der Waals surface area contributed by atoms with Crippen molar-refractivity contribution in [2.75, 3.05) is 41.1 Å². The lowest BCUT2D eigenvalue weighted by Gasteiger charge is -2.26. The predicted molar refractivity (Wildman–Crippen MR) is 114 cm³/mol. The first kappa shape index (κ1) is 23.5. The van der Waals surface area contributed by atoms with E-state index in [4.69, 9.17) is 28.4 Å². The van der Waals surface area contributed by atoms with Gasteiger partial charge >= 0.3 is 12.0 Å². The van der Waals surface area contributed by atoms with Crippen molar-refractivity contribution in [3.05, 3.63) is 42.0 Å². The molecule has 2 N–H and O–H groups in total. The molecule has 1 unspecified atom stereocenters. The summed E-state index contributed by atoms with van der Waals surface area (Å²) in [5.74, 6) is 0.402. The SMILES string of the molecule is COc1cc(C(=O)OCC(=O)NC(=O)NCC2COc3ccccc3O2)cc(OC)c1OC. The Morgan fingerprint density at radius 1 is 1.00 bits per heavy atom. The van der Waals surface area contributed by atoms with Crippen molar-refractivity contribution in [1.82, 2.24) is 10.6 Å². The summed E-state index contributed by atoms with van der Waals surface area (Å²) in [6.07, 6.45) is -0.418. The molecule has 0 fully saturated rings. The number of methoxy groups -OCH3 is 3. The van der Waals surface area contributed by atoms with Crippen LogP contribution in [0, 0.1) is 0 Å². The molecule has 0 aliphatic carbocycles. The Morgan fingerprint density at radius 3 is 2.30 bits per heavy atom. The second-order valence-corrected chi connectivity index (χ2v) is 6.75. The number of rotatable bonds is 8. The molecule has 0 saturated carbocycles. The van der Waals surface area contributed by atoms with Crippen molar-refractivity contribution >= 4 is 17.9 Å². The highest BCUT2D eigenvalue weighted by atomic mass is 16.6. The minimum atomic E-state index is -0.809. The van der Waals surface area contributed by atoms with E-state index in [0.717, 1.165) is 0 Å². The molecule has 11 nitrogen and oxygen atoms in total. The number of imide groups is 1. The molecule has 1 aliphatic heterocycles. The van der Waals surface area contributed by atoms with E-state index in [9.17, 15) is 14.4 Å². The quantitative estimate of drug-likeness (QED) is 0.563. The molecular formula is C22H24N2O9. The first-order chi connectivity index (χ1) is 15.9. The van der Waals surface area contributed by atoms with Gasteiger partial charge in [0.25, 0.3) is 5.91 Å². The van der Waals surface area contributed by atoms with Gasteiger partial charge in [0, 0.05) is 0 Å². The van der Waals surface area contributed by atoms with Crippen molar-refractivity contribution in [1.29, 1.82) is 0 Å². The summed E-state index contributed by atoms with van der Waals surface area (Å²) < 4.78 is 31.8. The van der Waals surface area contributed by atoms with Crippen molar-refractivity contribution in [2.45, 2.75) is 6.10 Å². The molecule has 3 rings (SSSR count). The molecule has 176 valence electrons. The number of para-hydroxylation sites is 2. The first-order valence-corrected chi connectivity index (χ1v) is 9.88. The number of nitrogens with one attached hydrogen (secondary N) is 2. The Bertz CT molecular complexity index is 1000. The van der Waals surface area contributed by atoms with Gasteiger partial charge in [-0.3, -0.25) is 10.1 Å². The molecule has 1 atom stereocenters. The Labute approximate surface area is 189 Å². The van der Waals surface area contributed by atoms with Crippen LogP contribution in [0.25, 0.3) is 0 Å². The molecular weight excluding hydrogens is 436 g/mol. The number of fused-ring (bicyclic) bond motifs is 1. The van der Waals surface area contributed by atoms with Crippen LogP contribution in [0.1, 0.15) is 10.4 Å². The Balaban J connectivity index is 1.45. The van der Waals surface area contributed by atoms with E-state index in [1.54, 1.807) is 12.1 Å². The maximum absolute atomic E-state index is 12.3. The Hall–Kier alpha value is -4.15. The lowest BCUT2D eigenvalue weighted by molar-refractivity contribution is -0.123. The lowest BCUT2D eigenvalue weighted by Crippen LogP contribution is -2.46. The first-order valence-electron chi connectivity index (χ1n) is 9.88. The van der Waals surface area contributed by atoms with Crippen LogP contribution in [0.5, 0.6) is 28.7 Å². The van der Waals surface area contributed by atoms with Crippen LogP contribution in [0.3, 0.4) is 0 Å². The van der Waals surface area contributed by atoms with Crippen molar-refractivity contribution in [3.8, 4) is 28.7 Å². The van der Waals surface area contributed by atoms with Crippen LogP contribution < -0.4 is 34.3 Å². The van der Waals surface area contributed by atoms with E-state index < -0.39 is 30.6 Å². The zero-order valence-corrected chi connectivity index (χ0v) is 18.3. The summed E-state index contributed by atoms with van der Waals surface area (Å²) in [5, 5.41) is 4.59. The van der Waals surface area contributed by atoms with Crippen LogP contribution in [0.4, 0.5) is 4.79 Å². The van der Waals surface area contributed by atoms with Gasteiger partial charge in [0.05, 0.1) is 33.4 Å². The number of ether oxygens (including phenoxy) is 6. The normalized spacial score (nSPS) is 14.0. The molecule has 0 aromatic heterocycles. The average Bonchev–Trinajstić information content (AvgIpc) is 2.84. The minimum Gasteiger partial charge on any atom is -0.493 e. The smallest absolute Gasteiger partial charge is 0.338 e. The van der Waals surface area contributed by atoms with Crippen LogP contribution in [0.2, 0.25) is 0 Å². The van der Waals surface area contributed by atoms with Gasteiger partial charge in [0.1, 0.15) is 6.61 Å². The molecule has 33 heavy (non-hydrogen) atoms. The molecule has 0 bridgehead atoms. The van der Waals surface area contributed by atoms with Gasteiger partial charge in [-0.15, -0.1) is 0 Å². The fourth-order valence-electron chi connectivity index (χ4n) is 2.99. The number of hydrogen-bond donors (Lipinski definition) is 2. The highest BCUT2D eigenvalue weighted by Crippen LogP contribution is 2.38. The van der Waals surface area contributed by atoms with Gasteiger partial charge < -0.3 is 33.7 Å². The summed E-state index contributed by atoms with van der Waals surface area (Å²) >= 11 is 0. The molecule has 11 heteroatoms. The van der Waals surface area contributed by atoms with E-state index in [-0.39, 0.29) is 30.2 Å². The standard InChI is InChI=1S/C22H24N2O9/c1-28-17-8-13(9-18(29-2)20(17)30-3)21(26)32-12-19(25)24-22(27)23-10-14-11-31-15-6-4-5-7-16(15)33-14/h4-9,14H,10-12H2,1-3H3,(H2,23,24,25,27). The second-order valence-electron chi connectivity index (χ2n) is 6.75. The summed E-state index contributed by atoms with van der Waals surface area (Å²) in [7, 11) is 4.24. The Kier molecular flexibility index (Phi) is 7.79. The van der Waals surface area contributed by atoms with Gasteiger partial charge in [-0.1, -0.05) is 12.1 Å². The summed E-state index contributed by atoms with van der Waals surface area (Å²) in [4.78, 5) is 36.3. The largest absolute Gasteiger partial charge is 0.493 e. The van der Waals surface area contributed by atoms with Gasteiger partial charge in [-0.25, -0.2) is 9.59 Å². The molecule has 3 amide bonds. The summed E-state index contributed by atoms with van der Waals surface area (Å²) in [6.45, 7) is -0.310. The average molecular weight is 460 g/mol. The van der Waals surface area contributed by atoms with Gasteiger partial charge in [0.15, 0.2) is 35.7 Å². The minimum absolute atomic E-state index is 0.0801. The number of carbonyl (C=O) groups is 3. The molecule has 0 saturated heterocycles. The topological polar surface area (TPSA) is 131 Å². The fraction of sp³-hybridized carbons (Fsp3) is 0.318. The van der Waals surface area contributed by atoms with E-state index in [1.165, 1.54) is 33.5 Å². The number of benzene rings is 2. The number of esters is 1. The fourth-order valence-corrected chi connectivity index (χ4v) is 2.99. The summed E-state index contributed by atoms with van der Waals surface area (Å²) in [6, 6.07) is 9.19. The number of hydrogen-bond acceptors (Lipinski definition) is 9. The highest BCUT2D eigenvalue weighted by molar-refractivity contribution is 5.97. The molecule has 0 spiro atoms. The van der Waals surface area contributed by atoms with E-state index >= 15 is 0 Å². The Morgan fingerprint density at radius 2 is 1.67 bits per heavy atom. The maximum Gasteiger partial charge on any atom is 0.338 e. The van der Waals surface area contributed by atoms with Gasteiger partial charge in [-0.2, -0.15) is 0 Å². The van der Waals surface area contributed by atoms with Crippen LogP contribution in [0.15, 0.2) is 36.4 Å². The van der Waals surface area contributed by atoms with E-state index in [0.29, 0.717) is 17.2 Å². The number of urea groups is 1. The highest BCUT2D eigenvalue weighted by Gasteiger charge is 2.22.